The molecule has 0 fully saturated rings. The summed E-state index contributed by atoms with van der Waals surface area (Å²) in [5.41, 5.74) is 0. The van der Waals surface area contributed by atoms with Crippen molar-refractivity contribution in [2.45, 2.75) is 451 Å². The zero-order valence-electron chi connectivity index (χ0n) is 65.3. The van der Waals surface area contributed by atoms with Crippen LogP contribution in [0, 0.1) is 5.92 Å². The second-order valence-electron chi connectivity index (χ2n) is 29.4. The summed E-state index contributed by atoms with van der Waals surface area (Å²) in [5, 5.41) is 10.6. The van der Waals surface area contributed by atoms with Gasteiger partial charge in [-0.3, -0.25) is 37.3 Å². The van der Waals surface area contributed by atoms with Crippen molar-refractivity contribution in [2.24, 2.45) is 5.92 Å². The van der Waals surface area contributed by atoms with Crippen molar-refractivity contribution in [3.05, 3.63) is 0 Å². The van der Waals surface area contributed by atoms with E-state index in [4.69, 9.17) is 37.0 Å². The Bertz CT molecular complexity index is 1910. The summed E-state index contributed by atoms with van der Waals surface area (Å²) < 4.78 is 68.7. The molecule has 100 heavy (non-hydrogen) atoms. The van der Waals surface area contributed by atoms with E-state index in [0.29, 0.717) is 25.7 Å². The number of rotatable bonds is 81. The highest BCUT2D eigenvalue weighted by atomic mass is 31.2. The Hall–Kier alpha value is -1.94. The number of aliphatic hydroxyl groups excluding tert-OH is 1. The third-order valence-electron chi connectivity index (χ3n) is 19.4. The molecule has 0 aromatic carbocycles. The highest BCUT2D eigenvalue weighted by Crippen LogP contribution is 2.45. The quantitative estimate of drug-likeness (QED) is 0.0222. The Kier molecular flexibility index (Phi) is 72.5. The molecule has 0 rings (SSSR count). The number of esters is 4. The van der Waals surface area contributed by atoms with Crippen LogP contribution in [-0.2, 0) is 65.4 Å². The highest BCUT2D eigenvalue weighted by molar-refractivity contribution is 7.47. The van der Waals surface area contributed by atoms with E-state index in [1.54, 1.807) is 0 Å². The van der Waals surface area contributed by atoms with Crippen LogP contribution in [0.15, 0.2) is 0 Å². The average Bonchev–Trinajstić information content (AvgIpc) is 1.16. The maximum absolute atomic E-state index is 13.1. The van der Waals surface area contributed by atoms with Crippen molar-refractivity contribution in [3.8, 4) is 0 Å². The number of phosphoric ester groups is 2. The molecule has 0 aromatic rings. The van der Waals surface area contributed by atoms with E-state index in [2.05, 4.69) is 34.6 Å². The summed E-state index contributed by atoms with van der Waals surface area (Å²) in [6.07, 6.45) is 65.1. The number of ether oxygens (including phenoxy) is 4. The first-order chi connectivity index (χ1) is 48.6. The van der Waals surface area contributed by atoms with Crippen LogP contribution in [0.5, 0.6) is 0 Å². The lowest BCUT2D eigenvalue weighted by Crippen LogP contribution is -2.30. The normalized spacial score (nSPS) is 14.1. The van der Waals surface area contributed by atoms with Crippen molar-refractivity contribution in [3.63, 3.8) is 0 Å². The second kappa shape index (κ2) is 73.9. The molecule has 0 spiro atoms. The van der Waals surface area contributed by atoms with E-state index in [9.17, 15) is 43.2 Å². The Morgan fingerprint density at radius 3 is 0.710 bits per heavy atom. The lowest BCUT2D eigenvalue weighted by atomic mass is 9.99. The number of phosphoric acid groups is 2. The van der Waals surface area contributed by atoms with Gasteiger partial charge < -0.3 is 33.8 Å². The van der Waals surface area contributed by atoms with Crippen LogP contribution in [0.3, 0.4) is 0 Å². The van der Waals surface area contributed by atoms with Crippen molar-refractivity contribution >= 4 is 39.5 Å². The summed E-state index contributed by atoms with van der Waals surface area (Å²) in [5.74, 6) is -1.30. The van der Waals surface area contributed by atoms with E-state index in [0.717, 1.165) is 95.8 Å². The molecule has 0 saturated carbocycles. The molecule has 0 aliphatic heterocycles. The summed E-state index contributed by atoms with van der Waals surface area (Å²) in [6.45, 7) is 7.35. The van der Waals surface area contributed by atoms with Crippen LogP contribution in [-0.4, -0.2) is 96.7 Å². The van der Waals surface area contributed by atoms with Crippen LogP contribution in [0.2, 0.25) is 0 Å². The molecule has 0 radical (unpaired) electrons. The van der Waals surface area contributed by atoms with Crippen LogP contribution in [0.4, 0.5) is 0 Å². The topological polar surface area (TPSA) is 237 Å². The number of aliphatic hydroxyl groups is 1. The van der Waals surface area contributed by atoms with Gasteiger partial charge in [-0.1, -0.05) is 381 Å². The van der Waals surface area contributed by atoms with Gasteiger partial charge in [0.05, 0.1) is 26.4 Å². The number of carbonyl (C=O) groups is 4. The minimum Gasteiger partial charge on any atom is -0.462 e. The molecular weight excluding hydrogens is 1310 g/mol. The first-order valence-corrected chi connectivity index (χ1v) is 45.2. The van der Waals surface area contributed by atoms with Crippen LogP contribution in [0.25, 0.3) is 0 Å². The summed E-state index contributed by atoms with van der Waals surface area (Å²) in [4.78, 5) is 73.0. The Balaban J connectivity index is 5.21. The van der Waals surface area contributed by atoms with Crippen molar-refractivity contribution < 1.29 is 80.2 Å². The molecule has 3 unspecified atom stereocenters. The molecule has 0 saturated heterocycles. The predicted molar refractivity (Wildman–Crippen MR) is 409 cm³/mol. The van der Waals surface area contributed by atoms with Gasteiger partial charge in [0, 0.05) is 25.7 Å². The van der Waals surface area contributed by atoms with Gasteiger partial charge in [-0.25, -0.2) is 9.13 Å². The van der Waals surface area contributed by atoms with Gasteiger partial charge in [0.2, 0.25) is 0 Å². The number of hydrogen-bond acceptors (Lipinski definition) is 15. The molecule has 19 heteroatoms. The fourth-order valence-electron chi connectivity index (χ4n) is 12.6. The zero-order valence-corrected chi connectivity index (χ0v) is 67.1. The number of hydrogen-bond donors (Lipinski definition) is 3. The minimum atomic E-state index is -4.96. The van der Waals surface area contributed by atoms with Crippen molar-refractivity contribution in [1.82, 2.24) is 0 Å². The standard InChI is InChI=1S/C81H158O17P2/c1-6-10-13-16-19-22-25-27-28-29-30-31-32-33-34-35-37-40-47-52-57-62-67-81(86)98-77(71-92-79(84)65-60-55-50-45-42-41-43-48-53-58-63-74(5)9-4)73-96-100(89,90)94-69-75(82)68-93-99(87,88)95-72-76(70-91-78(83)64-59-54-49-44-38-24-21-18-15-12-8-3)97-80(85)66-61-56-51-46-39-36-26-23-20-17-14-11-7-2/h74-77,82H,6-73H2,1-5H3,(H,87,88)(H,89,90)/t74?,75-,76+,77+/m0/s1. The molecule has 0 aliphatic rings. The molecule has 0 heterocycles. The number of carbonyl (C=O) groups excluding carboxylic acids is 4. The molecule has 594 valence electrons. The second-order valence-corrected chi connectivity index (χ2v) is 32.3. The van der Waals surface area contributed by atoms with Crippen molar-refractivity contribution in [2.75, 3.05) is 39.6 Å². The Morgan fingerprint density at radius 1 is 0.280 bits per heavy atom. The zero-order chi connectivity index (χ0) is 73.4. The maximum atomic E-state index is 13.1. The van der Waals surface area contributed by atoms with E-state index in [1.807, 2.05) is 0 Å². The molecule has 0 aromatic heterocycles. The van der Waals surface area contributed by atoms with Crippen LogP contribution >= 0.6 is 15.6 Å². The summed E-state index contributed by atoms with van der Waals surface area (Å²) >= 11 is 0. The SMILES string of the molecule is CCCCCCCCCCCCCCCCCCCCCCCCC(=O)O[C@H](COC(=O)CCCCCCCCCCCCC(C)CC)COP(=O)(O)OC[C@@H](O)COP(=O)(O)OC[C@@H](COC(=O)CCCCCCCCCCCCC)OC(=O)CCCCCCCCCCCCCCC. The first kappa shape index (κ1) is 98.1. The minimum absolute atomic E-state index is 0.108. The Morgan fingerprint density at radius 2 is 0.480 bits per heavy atom. The average molecular weight is 1470 g/mol. The molecule has 0 bridgehead atoms. The van der Waals surface area contributed by atoms with Gasteiger partial charge in [-0.05, 0) is 31.6 Å². The molecule has 0 amide bonds. The molecular formula is C81H158O17P2. The third kappa shape index (κ3) is 73.0. The smallest absolute Gasteiger partial charge is 0.462 e. The Labute approximate surface area is 613 Å². The predicted octanol–water partition coefficient (Wildman–Crippen LogP) is 24.4. The van der Waals surface area contributed by atoms with E-state index < -0.39 is 97.5 Å². The first-order valence-electron chi connectivity index (χ1n) is 42.2. The molecule has 3 N–H and O–H groups in total. The van der Waals surface area contributed by atoms with E-state index in [1.165, 1.54) is 257 Å². The lowest BCUT2D eigenvalue weighted by molar-refractivity contribution is -0.161. The van der Waals surface area contributed by atoms with E-state index >= 15 is 0 Å². The summed E-state index contributed by atoms with van der Waals surface area (Å²) in [7, 11) is -9.92. The molecule has 6 atom stereocenters. The fourth-order valence-corrected chi connectivity index (χ4v) is 14.1. The van der Waals surface area contributed by atoms with Gasteiger partial charge in [-0.2, -0.15) is 0 Å². The van der Waals surface area contributed by atoms with Crippen molar-refractivity contribution in [1.29, 1.82) is 0 Å². The monoisotopic (exact) mass is 1470 g/mol. The van der Waals surface area contributed by atoms with Gasteiger partial charge in [0.15, 0.2) is 12.2 Å². The maximum Gasteiger partial charge on any atom is 0.472 e. The molecule has 17 nitrogen and oxygen atoms in total. The van der Waals surface area contributed by atoms with E-state index in [-0.39, 0.29) is 25.7 Å². The van der Waals surface area contributed by atoms with Crippen LogP contribution in [0.1, 0.15) is 433 Å². The highest BCUT2D eigenvalue weighted by Gasteiger charge is 2.30. The van der Waals surface area contributed by atoms with Gasteiger partial charge >= 0.3 is 39.5 Å². The van der Waals surface area contributed by atoms with Gasteiger partial charge in [0.25, 0.3) is 0 Å². The lowest BCUT2D eigenvalue weighted by Gasteiger charge is -2.21. The van der Waals surface area contributed by atoms with Crippen LogP contribution < -0.4 is 0 Å². The third-order valence-corrected chi connectivity index (χ3v) is 21.3. The van der Waals surface area contributed by atoms with Gasteiger partial charge in [-0.15, -0.1) is 0 Å². The largest absolute Gasteiger partial charge is 0.472 e. The summed E-state index contributed by atoms with van der Waals surface area (Å²) in [6, 6.07) is 0. The fraction of sp³-hybridized carbons (Fsp3) is 0.951. The number of unbranched alkanes of at least 4 members (excludes halogenated alkanes) is 52. The molecule has 0 aliphatic carbocycles. The van der Waals surface area contributed by atoms with Gasteiger partial charge in [0.1, 0.15) is 19.3 Å².